The molecule has 2 N–H and O–H groups in total. The highest BCUT2D eigenvalue weighted by Gasteiger charge is 1.97. The Balaban J connectivity index is 0. The lowest BCUT2D eigenvalue weighted by molar-refractivity contribution is -0.138. The summed E-state index contributed by atoms with van der Waals surface area (Å²) in [6.45, 7) is 4.49. The van der Waals surface area contributed by atoms with E-state index < -0.39 is 11.9 Å². The van der Waals surface area contributed by atoms with Crippen molar-refractivity contribution >= 4 is 11.9 Å². The Labute approximate surface area is 248 Å². The summed E-state index contributed by atoms with van der Waals surface area (Å²) in [6.07, 6.45) is 44.6. The predicted molar refractivity (Wildman–Crippen MR) is 174 cm³/mol. The normalized spacial score (nSPS) is 11.7. The molecule has 0 rings (SSSR count). The van der Waals surface area contributed by atoms with Crippen molar-refractivity contribution in [2.75, 3.05) is 0 Å². The summed E-state index contributed by atoms with van der Waals surface area (Å²) < 4.78 is 0. The summed E-state index contributed by atoms with van der Waals surface area (Å²) in [5.74, 6) is -1.37. The van der Waals surface area contributed by atoms with E-state index >= 15 is 0 Å². The number of unbranched alkanes of at least 4 members (excludes halogenated alkanes) is 16. The molecule has 0 aliphatic heterocycles. The fraction of sp³-hybridized carbons (Fsp3) is 0.722. The molecule has 0 radical (unpaired) electrons. The van der Waals surface area contributed by atoms with Crippen LogP contribution < -0.4 is 0 Å². The van der Waals surface area contributed by atoms with Gasteiger partial charge < -0.3 is 10.2 Å². The maximum absolute atomic E-state index is 10.3. The van der Waals surface area contributed by atoms with Gasteiger partial charge in [0.2, 0.25) is 0 Å². The Bertz CT molecular complexity index is 645. The molecule has 0 saturated heterocycles. The number of carboxylic acids is 2. The SMILES string of the molecule is CCCCC/C=C\C/C=C\C/C=C\C/C=C\CCCC(=O)O.CCCCCCCCCCCCCCCC(=O)O. The average molecular weight is 561 g/mol. The van der Waals surface area contributed by atoms with Gasteiger partial charge in [-0.25, -0.2) is 0 Å². The second-order valence-corrected chi connectivity index (χ2v) is 10.8. The predicted octanol–water partition coefficient (Wildman–Crippen LogP) is 11.8. The van der Waals surface area contributed by atoms with E-state index in [1.807, 2.05) is 0 Å². The zero-order chi connectivity index (χ0) is 29.8. The van der Waals surface area contributed by atoms with Gasteiger partial charge in [0.05, 0.1) is 0 Å². The Morgan fingerprint density at radius 2 is 0.700 bits per heavy atom. The van der Waals surface area contributed by atoms with E-state index in [0.717, 1.165) is 44.9 Å². The van der Waals surface area contributed by atoms with E-state index in [1.165, 1.54) is 96.3 Å². The second kappa shape index (κ2) is 36.9. The third-order valence-electron chi connectivity index (χ3n) is 6.71. The van der Waals surface area contributed by atoms with Crippen molar-refractivity contribution in [1.82, 2.24) is 0 Å². The lowest BCUT2D eigenvalue weighted by Crippen LogP contribution is -1.93. The van der Waals surface area contributed by atoms with Gasteiger partial charge in [-0.15, -0.1) is 0 Å². The molecule has 0 unspecified atom stereocenters. The number of hydrogen-bond donors (Lipinski definition) is 2. The highest BCUT2D eigenvalue weighted by molar-refractivity contribution is 5.66. The third kappa shape index (κ3) is 43.0. The first kappa shape index (κ1) is 40.0. The van der Waals surface area contributed by atoms with E-state index in [9.17, 15) is 9.59 Å². The van der Waals surface area contributed by atoms with Crippen molar-refractivity contribution in [3.05, 3.63) is 48.6 Å². The van der Waals surface area contributed by atoms with Crippen molar-refractivity contribution in [3.8, 4) is 0 Å². The zero-order valence-electron chi connectivity index (χ0n) is 26.3. The molecule has 0 aliphatic carbocycles. The lowest BCUT2D eigenvalue weighted by Gasteiger charge is -2.02. The van der Waals surface area contributed by atoms with E-state index in [2.05, 4.69) is 62.5 Å². The van der Waals surface area contributed by atoms with Gasteiger partial charge in [0, 0.05) is 12.8 Å². The minimum Gasteiger partial charge on any atom is -0.481 e. The molecule has 0 fully saturated rings. The third-order valence-corrected chi connectivity index (χ3v) is 6.71. The molecule has 0 heterocycles. The maximum Gasteiger partial charge on any atom is 0.303 e. The summed E-state index contributed by atoms with van der Waals surface area (Å²) in [7, 11) is 0. The van der Waals surface area contributed by atoms with Crippen LogP contribution in [0.1, 0.15) is 168 Å². The smallest absolute Gasteiger partial charge is 0.303 e. The van der Waals surface area contributed by atoms with Crippen molar-refractivity contribution in [2.24, 2.45) is 0 Å². The van der Waals surface area contributed by atoms with Crippen molar-refractivity contribution in [2.45, 2.75) is 168 Å². The molecule has 0 aromatic carbocycles. The molecule has 0 saturated carbocycles. The molecular formula is C36H64O4. The molecule has 0 aromatic rings. The fourth-order valence-corrected chi connectivity index (χ4v) is 4.23. The van der Waals surface area contributed by atoms with E-state index in [-0.39, 0.29) is 6.42 Å². The van der Waals surface area contributed by atoms with Crippen LogP contribution in [-0.4, -0.2) is 22.2 Å². The topological polar surface area (TPSA) is 74.6 Å². The second-order valence-electron chi connectivity index (χ2n) is 10.8. The average Bonchev–Trinajstić information content (AvgIpc) is 2.93. The molecule has 0 spiro atoms. The monoisotopic (exact) mass is 560 g/mol. The van der Waals surface area contributed by atoms with Gasteiger partial charge in [-0.3, -0.25) is 9.59 Å². The maximum atomic E-state index is 10.3. The molecule has 232 valence electrons. The van der Waals surface area contributed by atoms with Crippen LogP contribution in [0, 0.1) is 0 Å². The molecule has 0 bridgehead atoms. The molecule has 4 heteroatoms. The van der Waals surface area contributed by atoms with Crippen LogP contribution in [0.25, 0.3) is 0 Å². The first-order valence-electron chi connectivity index (χ1n) is 16.6. The molecule has 0 amide bonds. The molecular weight excluding hydrogens is 496 g/mol. The van der Waals surface area contributed by atoms with E-state index in [1.54, 1.807) is 0 Å². The standard InChI is InChI=1S/C20H32O2.C16H32O2/c1-2-3-4-5-6-7-8-9-10-11-12-13-14-15-16-17-18-19-20(21)22;1-2-3-4-5-6-7-8-9-10-11-12-13-14-15-16(17)18/h6-7,9-10,12-13,15-16H,2-5,8,11,14,17-19H2,1H3,(H,21,22);2-15H2,1H3,(H,17,18)/b7-6-,10-9-,13-12-,16-15-;. The van der Waals surface area contributed by atoms with Gasteiger partial charge in [0.1, 0.15) is 0 Å². The van der Waals surface area contributed by atoms with Crippen LogP contribution in [0.4, 0.5) is 0 Å². The molecule has 40 heavy (non-hydrogen) atoms. The number of hydrogen-bond acceptors (Lipinski definition) is 2. The van der Waals surface area contributed by atoms with Crippen molar-refractivity contribution in [1.29, 1.82) is 0 Å². The van der Waals surface area contributed by atoms with Gasteiger partial charge in [0.25, 0.3) is 0 Å². The molecule has 0 aromatic heterocycles. The highest BCUT2D eigenvalue weighted by atomic mass is 16.4. The van der Waals surface area contributed by atoms with Crippen molar-refractivity contribution < 1.29 is 19.8 Å². The number of aliphatic carboxylic acids is 2. The van der Waals surface area contributed by atoms with Crippen LogP contribution in [0.5, 0.6) is 0 Å². The number of rotatable bonds is 28. The first-order chi connectivity index (χ1) is 19.5. The fourth-order valence-electron chi connectivity index (χ4n) is 4.23. The zero-order valence-corrected chi connectivity index (χ0v) is 26.3. The van der Waals surface area contributed by atoms with Crippen LogP contribution in [0.15, 0.2) is 48.6 Å². The van der Waals surface area contributed by atoms with Gasteiger partial charge in [-0.2, -0.15) is 0 Å². The van der Waals surface area contributed by atoms with E-state index in [0.29, 0.717) is 6.42 Å². The van der Waals surface area contributed by atoms with Crippen LogP contribution >= 0.6 is 0 Å². The summed E-state index contributed by atoms with van der Waals surface area (Å²) in [5.41, 5.74) is 0. The Morgan fingerprint density at radius 3 is 1.10 bits per heavy atom. The summed E-state index contributed by atoms with van der Waals surface area (Å²) in [4.78, 5) is 20.6. The largest absolute Gasteiger partial charge is 0.481 e. The van der Waals surface area contributed by atoms with Crippen LogP contribution in [-0.2, 0) is 9.59 Å². The quantitative estimate of drug-likeness (QED) is 0.0737. The van der Waals surface area contributed by atoms with E-state index in [4.69, 9.17) is 10.2 Å². The van der Waals surface area contributed by atoms with Gasteiger partial charge in [-0.1, -0.05) is 152 Å². The van der Waals surface area contributed by atoms with Crippen LogP contribution in [0.2, 0.25) is 0 Å². The number of carbonyl (C=O) groups is 2. The number of allylic oxidation sites excluding steroid dienone is 8. The van der Waals surface area contributed by atoms with Crippen molar-refractivity contribution in [3.63, 3.8) is 0 Å². The Kier molecular flexibility index (Phi) is 36.9. The molecule has 4 nitrogen and oxygen atoms in total. The molecule has 0 atom stereocenters. The van der Waals surface area contributed by atoms with Gasteiger partial charge >= 0.3 is 11.9 Å². The minimum absolute atomic E-state index is 0.262. The summed E-state index contributed by atoms with van der Waals surface area (Å²) >= 11 is 0. The number of carboxylic acid groups (broad SMARTS) is 2. The lowest BCUT2D eigenvalue weighted by atomic mass is 10.0. The highest BCUT2D eigenvalue weighted by Crippen LogP contribution is 2.12. The van der Waals surface area contributed by atoms with Gasteiger partial charge in [-0.05, 0) is 51.4 Å². The first-order valence-corrected chi connectivity index (χ1v) is 16.6. The molecule has 0 aliphatic rings. The van der Waals surface area contributed by atoms with Gasteiger partial charge in [0.15, 0.2) is 0 Å². The minimum atomic E-state index is -0.712. The Hall–Kier alpha value is -2.10. The summed E-state index contributed by atoms with van der Waals surface area (Å²) in [5, 5.41) is 17.0. The summed E-state index contributed by atoms with van der Waals surface area (Å²) in [6, 6.07) is 0. The van der Waals surface area contributed by atoms with Crippen LogP contribution in [0.3, 0.4) is 0 Å². The Morgan fingerprint density at radius 1 is 0.400 bits per heavy atom.